The first-order valence-corrected chi connectivity index (χ1v) is 6.71. The van der Waals surface area contributed by atoms with E-state index in [1.54, 1.807) is 22.7 Å². The average Bonchev–Trinajstić information content (AvgIpc) is 2.77. The fourth-order valence-corrected chi connectivity index (χ4v) is 2.92. The van der Waals surface area contributed by atoms with Gasteiger partial charge < -0.3 is 5.32 Å². The Hall–Kier alpha value is -0.390. The molecular weight excluding hydrogens is 280 g/mol. The van der Waals surface area contributed by atoms with E-state index in [1.165, 1.54) is 4.88 Å². The highest BCUT2D eigenvalue weighted by molar-refractivity contribution is 9.11. The highest BCUT2D eigenvalue weighted by Gasteiger charge is 1.98. The summed E-state index contributed by atoms with van der Waals surface area (Å²) in [6, 6.07) is 4.24. The Morgan fingerprint density at radius 1 is 1.50 bits per heavy atom. The zero-order chi connectivity index (χ0) is 9.80. The molecule has 2 nitrogen and oxygen atoms in total. The second-order valence-corrected chi connectivity index (χ2v) is 6.17. The summed E-state index contributed by atoms with van der Waals surface area (Å²) in [5.74, 6) is 0. The van der Waals surface area contributed by atoms with Gasteiger partial charge in [-0.2, -0.15) is 0 Å². The third-order valence-electron chi connectivity index (χ3n) is 1.71. The molecule has 0 bridgehead atoms. The van der Waals surface area contributed by atoms with Crippen LogP contribution in [0.4, 0.5) is 5.13 Å². The van der Waals surface area contributed by atoms with E-state index in [0.29, 0.717) is 0 Å². The van der Waals surface area contributed by atoms with Crippen molar-refractivity contribution in [3.8, 4) is 0 Å². The minimum atomic E-state index is 0.945. The molecule has 0 unspecified atom stereocenters. The molecule has 0 saturated carbocycles. The first-order valence-electron chi connectivity index (χ1n) is 4.22. The first kappa shape index (κ1) is 10.1. The van der Waals surface area contributed by atoms with Gasteiger partial charge >= 0.3 is 0 Å². The summed E-state index contributed by atoms with van der Waals surface area (Å²) in [5, 5.41) is 6.37. The van der Waals surface area contributed by atoms with Gasteiger partial charge in [-0.25, -0.2) is 4.98 Å². The summed E-state index contributed by atoms with van der Waals surface area (Å²) in [6.45, 7) is 0.945. The second kappa shape index (κ2) is 4.91. The number of thiophene rings is 1. The van der Waals surface area contributed by atoms with Gasteiger partial charge in [0, 0.05) is 11.4 Å². The largest absolute Gasteiger partial charge is 0.361 e. The second-order valence-electron chi connectivity index (χ2n) is 2.73. The Morgan fingerprint density at radius 3 is 3.07 bits per heavy atom. The van der Waals surface area contributed by atoms with Crippen LogP contribution in [-0.4, -0.2) is 11.5 Å². The lowest BCUT2D eigenvalue weighted by atomic mass is 10.3. The van der Waals surface area contributed by atoms with Gasteiger partial charge in [-0.15, -0.1) is 11.3 Å². The third kappa shape index (κ3) is 2.80. The molecule has 2 aromatic heterocycles. The number of nitrogens with zero attached hydrogens (tertiary/aromatic N) is 1. The van der Waals surface area contributed by atoms with Crippen LogP contribution in [0.2, 0.25) is 0 Å². The topological polar surface area (TPSA) is 24.9 Å². The molecule has 0 aliphatic rings. The van der Waals surface area contributed by atoms with Crippen molar-refractivity contribution in [3.05, 3.63) is 32.4 Å². The molecule has 0 radical (unpaired) electrons. The molecule has 1 N–H and O–H groups in total. The van der Waals surface area contributed by atoms with Crippen molar-refractivity contribution in [1.82, 2.24) is 4.98 Å². The summed E-state index contributed by atoms with van der Waals surface area (Å²) >= 11 is 6.80. The fraction of sp³-hybridized carbons (Fsp3) is 0.222. The molecule has 0 spiro atoms. The van der Waals surface area contributed by atoms with Gasteiger partial charge in [0.15, 0.2) is 5.13 Å². The van der Waals surface area contributed by atoms with E-state index in [2.05, 4.69) is 43.7 Å². The molecule has 14 heavy (non-hydrogen) atoms. The minimum absolute atomic E-state index is 0.945. The van der Waals surface area contributed by atoms with Crippen molar-refractivity contribution in [1.29, 1.82) is 0 Å². The monoisotopic (exact) mass is 288 g/mol. The quantitative estimate of drug-likeness (QED) is 0.930. The summed E-state index contributed by atoms with van der Waals surface area (Å²) in [4.78, 5) is 5.61. The molecular formula is C9H9BrN2S2. The molecule has 0 aliphatic heterocycles. The van der Waals surface area contributed by atoms with Crippen LogP contribution < -0.4 is 5.32 Å². The van der Waals surface area contributed by atoms with Gasteiger partial charge in [0.25, 0.3) is 0 Å². The van der Waals surface area contributed by atoms with Crippen LogP contribution in [0.3, 0.4) is 0 Å². The Bertz CT molecular complexity index is 383. The van der Waals surface area contributed by atoms with Crippen LogP contribution >= 0.6 is 38.6 Å². The molecule has 0 saturated heterocycles. The number of aromatic nitrogens is 1. The molecule has 74 valence electrons. The highest BCUT2D eigenvalue weighted by Crippen LogP contribution is 2.23. The summed E-state index contributed by atoms with van der Waals surface area (Å²) < 4.78 is 1.07. The number of halogens is 1. The lowest BCUT2D eigenvalue weighted by molar-refractivity contribution is 1.04. The lowest BCUT2D eigenvalue weighted by Gasteiger charge is -1.99. The molecule has 2 heterocycles. The fourth-order valence-electron chi connectivity index (χ4n) is 1.08. The zero-order valence-corrected chi connectivity index (χ0v) is 10.6. The predicted molar refractivity (Wildman–Crippen MR) is 66.3 cm³/mol. The Balaban J connectivity index is 1.78. The van der Waals surface area contributed by atoms with Gasteiger partial charge in [0.1, 0.15) is 0 Å². The predicted octanol–water partition coefficient (Wildman–Crippen LogP) is 3.62. The number of anilines is 1. The maximum Gasteiger partial charge on any atom is 0.183 e. The maximum absolute atomic E-state index is 4.20. The molecule has 2 rings (SSSR count). The van der Waals surface area contributed by atoms with Crippen molar-refractivity contribution in [2.45, 2.75) is 6.42 Å². The standard InChI is InChI=1S/C9H9BrN2S2/c10-8-6-12-9(14-8)11-4-3-7-2-1-5-13-7/h1-2,5-6H,3-4H2,(H,11,12). The molecule has 0 atom stereocenters. The van der Waals surface area contributed by atoms with Crippen LogP contribution in [0, 0.1) is 0 Å². The summed E-state index contributed by atoms with van der Waals surface area (Å²) in [6.07, 6.45) is 2.88. The molecule has 0 aromatic carbocycles. The van der Waals surface area contributed by atoms with E-state index in [0.717, 1.165) is 21.9 Å². The number of hydrogen-bond donors (Lipinski definition) is 1. The Kier molecular flexibility index (Phi) is 3.55. The first-order chi connectivity index (χ1) is 6.84. The molecule has 0 aliphatic carbocycles. The number of thiazole rings is 1. The van der Waals surface area contributed by atoms with Crippen LogP contribution in [0.1, 0.15) is 4.88 Å². The van der Waals surface area contributed by atoms with Gasteiger partial charge in [0.2, 0.25) is 0 Å². The Morgan fingerprint density at radius 2 is 2.43 bits per heavy atom. The smallest absolute Gasteiger partial charge is 0.183 e. The van der Waals surface area contributed by atoms with E-state index >= 15 is 0 Å². The van der Waals surface area contributed by atoms with Crippen molar-refractivity contribution in [2.75, 3.05) is 11.9 Å². The van der Waals surface area contributed by atoms with Gasteiger partial charge in [0.05, 0.1) is 9.98 Å². The van der Waals surface area contributed by atoms with Gasteiger partial charge in [-0.3, -0.25) is 0 Å². The number of rotatable bonds is 4. The van der Waals surface area contributed by atoms with Crippen LogP contribution in [-0.2, 0) is 6.42 Å². The number of nitrogens with one attached hydrogen (secondary N) is 1. The van der Waals surface area contributed by atoms with E-state index in [9.17, 15) is 0 Å². The molecule has 2 aromatic rings. The van der Waals surface area contributed by atoms with Crippen molar-refractivity contribution < 1.29 is 0 Å². The SMILES string of the molecule is Brc1cnc(NCCc2cccs2)s1. The molecule has 0 amide bonds. The van der Waals surface area contributed by atoms with Crippen LogP contribution in [0.5, 0.6) is 0 Å². The minimum Gasteiger partial charge on any atom is -0.361 e. The van der Waals surface area contributed by atoms with Crippen molar-refractivity contribution in [2.24, 2.45) is 0 Å². The van der Waals surface area contributed by atoms with E-state index in [4.69, 9.17) is 0 Å². The molecule has 0 fully saturated rings. The normalized spacial score (nSPS) is 10.4. The summed E-state index contributed by atoms with van der Waals surface area (Å²) in [7, 11) is 0. The van der Waals surface area contributed by atoms with Crippen molar-refractivity contribution in [3.63, 3.8) is 0 Å². The number of hydrogen-bond acceptors (Lipinski definition) is 4. The van der Waals surface area contributed by atoms with Gasteiger partial charge in [-0.1, -0.05) is 17.4 Å². The van der Waals surface area contributed by atoms with Crippen molar-refractivity contribution >= 4 is 43.7 Å². The van der Waals surface area contributed by atoms with E-state index in [1.807, 2.05) is 6.20 Å². The Labute approximate surface area is 99.1 Å². The average molecular weight is 289 g/mol. The van der Waals surface area contributed by atoms with E-state index in [-0.39, 0.29) is 0 Å². The van der Waals surface area contributed by atoms with E-state index < -0.39 is 0 Å². The van der Waals surface area contributed by atoms with Crippen LogP contribution in [0.15, 0.2) is 27.5 Å². The maximum atomic E-state index is 4.20. The van der Waals surface area contributed by atoms with Crippen LogP contribution in [0.25, 0.3) is 0 Å². The van der Waals surface area contributed by atoms with Gasteiger partial charge in [-0.05, 0) is 33.8 Å². The lowest BCUT2D eigenvalue weighted by Crippen LogP contribution is -2.02. The molecule has 5 heteroatoms. The highest BCUT2D eigenvalue weighted by atomic mass is 79.9. The summed E-state index contributed by atoms with van der Waals surface area (Å²) in [5.41, 5.74) is 0. The zero-order valence-electron chi connectivity index (χ0n) is 7.37. The third-order valence-corrected chi connectivity index (χ3v) is 4.08.